The van der Waals surface area contributed by atoms with E-state index >= 15 is 0 Å². The molecule has 1 aliphatic rings. The van der Waals surface area contributed by atoms with Gasteiger partial charge in [-0.25, -0.2) is 0 Å². The Morgan fingerprint density at radius 3 is 0.890 bits per heavy atom. The van der Waals surface area contributed by atoms with Gasteiger partial charge in [0.15, 0.2) is 41.9 Å². The Morgan fingerprint density at radius 1 is 0.213 bits per heavy atom. The lowest BCUT2D eigenvalue weighted by molar-refractivity contribution is -0.696. The van der Waals surface area contributed by atoms with Crippen LogP contribution in [0.2, 0.25) is 0 Å². The van der Waals surface area contributed by atoms with Crippen molar-refractivity contribution in [3.63, 3.8) is 0 Å². The van der Waals surface area contributed by atoms with E-state index in [4.69, 9.17) is 0 Å². The maximum absolute atomic E-state index is 2.49. The number of hydrogen-bond acceptors (Lipinski definition) is 0. The molecule has 8 nitrogen and oxygen atoms in total. The molecule has 0 bridgehead atoms. The van der Waals surface area contributed by atoms with Gasteiger partial charge in [-0.2, -0.15) is 36.5 Å². The van der Waals surface area contributed by atoms with Gasteiger partial charge in [-0.3, -0.25) is 0 Å². The average Bonchev–Trinajstić information content (AvgIpc) is 0.698. The summed E-state index contributed by atoms with van der Waals surface area (Å²) < 4.78 is 18.5. The third kappa shape index (κ3) is 17.1. The molecular weight excluding hydrogens is 1650 g/mol. The van der Waals surface area contributed by atoms with Gasteiger partial charge in [-0.05, 0) is 232 Å². The molecule has 0 aliphatic heterocycles. The second kappa shape index (κ2) is 38.9. The van der Waals surface area contributed by atoms with Crippen LogP contribution in [0.4, 0.5) is 0 Å². The molecule has 1 aliphatic carbocycles. The summed E-state index contributed by atoms with van der Waals surface area (Å²) in [5, 5.41) is 0. The molecule has 0 saturated heterocycles. The largest absolute Gasteiger partial charge is 0.281 e. The van der Waals surface area contributed by atoms with Crippen LogP contribution in [0.1, 0.15) is 202 Å². The van der Waals surface area contributed by atoms with Crippen molar-refractivity contribution in [1.82, 2.24) is 0 Å². The molecule has 8 heteroatoms. The van der Waals surface area contributed by atoms with Crippen LogP contribution in [-0.4, -0.2) is 0 Å². The zero-order valence-electron chi connectivity index (χ0n) is 85.8. The summed E-state index contributed by atoms with van der Waals surface area (Å²) in [5.41, 5.74) is 41.1. The van der Waals surface area contributed by atoms with Gasteiger partial charge in [0, 0.05) is 107 Å². The van der Waals surface area contributed by atoms with Crippen LogP contribution in [-0.2, 0) is 88.9 Å². The smallest absolute Gasteiger partial charge is 0.196 e. The Kier molecular flexibility index (Phi) is 27.7. The number of aryl methyl sites for hydroxylation is 14. The lowest BCUT2D eigenvalue weighted by atomic mass is 9.55. The van der Waals surface area contributed by atoms with E-state index in [9.17, 15) is 0 Å². The molecule has 686 valence electrons. The van der Waals surface area contributed by atoms with Crippen LogP contribution < -0.4 is 36.5 Å². The first-order valence-electron chi connectivity index (χ1n) is 48.4. The van der Waals surface area contributed by atoms with Crippen molar-refractivity contribution >= 4 is 0 Å². The number of pyridine rings is 8. The highest BCUT2D eigenvalue weighted by atomic mass is 15.1. The van der Waals surface area contributed by atoms with Crippen LogP contribution in [0.3, 0.4) is 0 Å². The predicted octanol–water partition coefficient (Wildman–Crippen LogP) is 24.1. The molecule has 9 aromatic carbocycles. The number of nitrogens with zero attached hydrogens (tertiary/aromatic N) is 8. The SMILES string of the molecule is Cc1ccc(C(C)(c2ccc(C)cc2C)c2cccc(-c3cccc[n+]3C)[n+]2C)c(C)c1.Cc1ccccc1C(C)(c1ccccc1C)c1ccc2c([n+]1C)-c1c(ccc[n+]1C)C(C)(C)C2(C)C.Cc1ccccc1C(c1ccccc1)(c1ccccc1C)c1cccc(-c2cccc[n+]2C)[n+]1C.Cc1ccccc1C(c1ccccc1C)(c1cccc(-c2cccc[n+]2C)[n+]1C)C(C)(C)C. The lowest BCUT2D eigenvalue weighted by Gasteiger charge is -2.45. The molecule has 0 fully saturated rings. The quantitative estimate of drug-likeness (QED) is 0.0682. The topological polar surface area (TPSA) is 31.0 Å². The highest BCUT2D eigenvalue weighted by Crippen LogP contribution is 2.56. The Labute approximate surface area is 812 Å². The molecule has 0 saturated carbocycles. The van der Waals surface area contributed by atoms with E-state index in [0.717, 1.165) is 0 Å². The molecule has 0 amide bonds. The van der Waals surface area contributed by atoms with Gasteiger partial charge < -0.3 is 0 Å². The number of aromatic nitrogens is 8. The molecule has 136 heavy (non-hydrogen) atoms. The minimum Gasteiger partial charge on any atom is -0.196 e. The van der Waals surface area contributed by atoms with Gasteiger partial charge >= 0.3 is 0 Å². The summed E-state index contributed by atoms with van der Waals surface area (Å²) in [6.45, 7) is 43.8. The highest BCUT2D eigenvalue weighted by molar-refractivity contribution is 5.69. The van der Waals surface area contributed by atoms with Crippen molar-refractivity contribution in [3.8, 4) is 45.6 Å². The Bertz CT molecular complexity index is 7110. The molecule has 0 radical (unpaired) electrons. The fourth-order valence-corrected chi connectivity index (χ4v) is 23.2. The van der Waals surface area contributed by atoms with Crippen LogP contribution in [0.15, 0.2) is 371 Å². The summed E-state index contributed by atoms with van der Waals surface area (Å²) in [7, 11) is 17.4. The minimum atomic E-state index is -0.490. The number of rotatable bonds is 16. The first kappa shape index (κ1) is 96.7. The molecule has 8 aromatic heterocycles. The summed E-state index contributed by atoms with van der Waals surface area (Å²) in [6, 6.07) is 126. The summed E-state index contributed by atoms with van der Waals surface area (Å²) >= 11 is 0. The van der Waals surface area contributed by atoms with E-state index in [0.29, 0.717) is 0 Å². The molecule has 0 unspecified atom stereocenters. The number of fused-ring (bicyclic) bond motifs is 3. The second-order valence-electron chi connectivity index (χ2n) is 40.7. The lowest BCUT2D eigenvalue weighted by Crippen LogP contribution is -2.54. The van der Waals surface area contributed by atoms with Crippen LogP contribution >= 0.6 is 0 Å². The zero-order valence-corrected chi connectivity index (χ0v) is 85.8. The van der Waals surface area contributed by atoms with E-state index in [1.807, 2.05) is 0 Å². The zero-order chi connectivity index (χ0) is 97.3. The molecule has 0 N–H and O–H groups in total. The van der Waals surface area contributed by atoms with E-state index in [-0.39, 0.29) is 32.5 Å². The van der Waals surface area contributed by atoms with Crippen molar-refractivity contribution in [2.75, 3.05) is 0 Å². The van der Waals surface area contributed by atoms with Crippen LogP contribution in [0.5, 0.6) is 0 Å². The van der Waals surface area contributed by atoms with Crippen LogP contribution in [0, 0.1) is 74.7 Å². The van der Waals surface area contributed by atoms with Gasteiger partial charge in [-0.15, -0.1) is 0 Å². The normalized spacial score (nSPS) is 12.8. The molecular formula is C128H142N8+8. The molecule has 8 heterocycles. The van der Waals surface area contributed by atoms with Gasteiger partial charge in [0.2, 0.25) is 5.69 Å². The average molecular weight is 1790 g/mol. The van der Waals surface area contributed by atoms with Gasteiger partial charge in [0.05, 0.1) is 0 Å². The van der Waals surface area contributed by atoms with Crippen LogP contribution in [0.25, 0.3) is 45.6 Å². The fraction of sp³-hybridized carbons (Fsp3) is 0.266. The summed E-state index contributed by atoms with van der Waals surface area (Å²) in [4.78, 5) is 0. The van der Waals surface area contributed by atoms with Gasteiger partial charge in [0.25, 0.3) is 45.6 Å². The molecule has 0 atom stereocenters. The molecule has 0 spiro atoms. The van der Waals surface area contributed by atoms with E-state index in [1.54, 1.807) is 0 Å². The predicted molar refractivity (Wildman–Crippen MR) is 558 cm³/mol. The molecule has 18 rings (SSSR count). The fourth-order valence-electron chi connectivity index (χ4n) is 23.2. The second-order valence-corrected chi connectivity index (χ2v) is 40.7. The Morgan fingerprint density at radius 2 is 0.515 bits per heavy atom. The maximum Gasteiger partial charge on any atom is 0.281 e. The first-order chi connectivity index (χ1) is 64.9. The van der Waals surface area contributed by atoms with Crippen molar-refractivity contribution in [2.24, 2.45) is 61.8 Å². The highest BCUT2D eigenvalue weighted by Gasteiger charge is 2.57. The Hall–Kier alpha value is -13.8. The van der Waals surface area contributed by atoms with Gasteiger partial charge in [0.1, 0.15) is 78.0 Å². The van der Waals surface area contributed by atoms with Gasteiger partial charge in [-0.1, -0.05) is 272 Å². The monoisotopic (exact) mass is 1790 g/mol. The van der Waals surface area contributed by atoms with E-state index < -0.39 is 5.41 Å². The standard InChI is InChI=1S/C34H40N2.C33H32N2.C31H36N2.C30H34N2/c1-23-15-10-12-17-25(23)34(7,26-18-13-11-16-24(26)2)29-21-20-28-31(36(29)9)30-27(19-14-22-35(30)8)32(3,4)33(28,5)6;1-25-15-8-10-19-28(25)33(27-17-6-5-7-18-27,29-20-11-9-16-26(29)2)32-23-14-22-31(35(32)4)30-21-12-13-24-34(30)3;1-23-15-8-10-17-25(23)31(30(3,4)5,26-18-11-9-16-24(26)2)29-21-14-20-28(33(29)7)27-19-12-13-22-32(27)6;1-21-14-16-25(23(3)19-21)30(5,26-17-15-22(2)20-24(26)4)29-13-10-12-28(32(29)7)27-11-8-9-18-31(27)6/h10-22H,1-9H3;5-24H,1-4H3;8-22H,1-7H3;8-20H,1-7H3/q4*+2. The van der Waals surface area contributed by atoms with E-state index in [2.05, 4.69) is 595 Å². The third-order valence-corrected chi connectivity index (χ3v) is 30.8. The Balaban J connectivity index is 0.000000138. The van der Waals surface area contributed by atoms with Crippen molar-refractivity contribution in [1.29, 1.82) is 0 Å². The third-order valence-electron chi connectivity index (χ3n) is 30.8. The molecule has 17 aromatic rings. The van der Waals surface area contributed by atoms with Crippen molar-refractivity contribution in [3.05, 3.63) is 510 Å². The van der Waals surface area contributed by atoms with E-state index in [1.165, 1.54) is 185 Å². The number of hydrogen-bond donors (Lipinski definition) is 0. The van der Waals surface area contributed by atoms with Crippen molar-refractivity contribution in [2.45, 2.75) is 164 Å². The summed E-state index contributed by atoms with van der Waals surface area (Å²) in [5.74, 6) is 0. The minimum absolute atomic E-state index is 0.00178. The van der Waals surface area contributed by atoms with Crippen molar-refractivity contribution < 1.29 is 36.5 Å². The first-order valence-corrected chi connectivity index (χ1v) is 48.4. The number of benzene rings is 9. The maximum atomic E-state index is 2.49. The summed E-state index contributed by atoms with van der Waals surface area (Å²) in [6.07, 6.45) is 8.51.